The van der Waals surface area contributed by atoms with Gasteiger partial charge in [-0.05, 0) is 69.5 Å². The van der Waals surface area contributed by atoms with Crippen molar-refractivity contribution in [3.8, 4) is 0 Å². The standard InChI is InChI=1S/C32H46N2O7Si2/c1-30(2,3)40-29(36)33-26-13-12-23(32(7,8)41-42-31(4,5)6)16-21(26)18-27(33)25-19-24(34(37)38)17-22(28(25)35)20-39-14-15-43(9,10)11/h12-13,16-19,22H,14-15,20H2,1-11H3. The van der Waals surface area contributed by atoms with Gasteiger partial charge in [-0.3, -0.25) is 14.9 Å². The molecule has 9 nitrogen and oxygen atoms in total. The van der Waals surface area contributed by atoms with Gasteiger partial charge in [0, 0.05) is 37.8 Å². The lowest BCUT2D eigenvalue weighted by Crippen LogP contribution is -2.30. The second-order valence-corrected chi connectivity index (χ2v) is 22.4. The summed E-state index contributed by atoms with van der Waals surface area (Å²) in [5, 5.41) is 12.6. The van der Waals surface area contributed by atoms with Crippen molar-refractivity contribution in [2.75, 3.05) is 13.2 Å². The third kappa shape index (κ3) is 9.31. The smallest absolute Gasteiger partial charge is 0.419 e. The number of hydrogen-bond donors (Lipinski definition) is 0. The number of ketones is 1. The number of benzene rings is 1. The fraction of sp³-hybridized carbons (Fsp3) is 0.562. The van der Waals surface area contributed by atoms with Gasteiger partial charge in [0.2, 0.25) is 9.76 Å². The molecular formula is C32H46N2O7Si2. The molecule has 1 aromatic carbocycles. The Morgan fingerprint density at radius 2 is 1.72 bits per heavy atom. The summed E-state index contributed by atoms with van der Waals surface area (Å²) in [7, 11) is -1.10. The van der Waals surface area contributed by atoms with E-state index in [1.54, 1.807) is 32.9 Å². The molecule has 0 saturated carbocycles. The lowest BCUT2D eigenvalue weighted by Gasteiger charge is -2.29. The van der Waals surface area contributed by atoms with E-state index < -0.39 is 36.2 Å². The van der Waals surface area contributed by atoms with Crippen molar-refractivity contribution in [3.63, 3.8) is 0 Å². The number of nitrogens with zero attached hydrogens (tertiary/aromatic N) is 2. The molecule has 234 valence electrons. The van der Waals surface area contributed by atoms with E-state index in [1.807, 2.05) is 26.0 Å². The van der Waals surface area contributed by atoms with Crippen molar-refractivity contribution in [3.05, 3.63) is 63.5 Å². The minimum atomic E-state index is -1.36. The molecule has 0 N–H and O–H groups in total. The van der Waals surface area contributed by atoms with E-state index in [1.165, 1.54) is 16.7 Å². The fourth-order valence-electron chi connectivity index (χ4n) is 4.41. The third-order valence-corrected chi connectivity index (χ3v) is 9.66. The van der Waals surface area contributed by atoms with Crippen molar-refractivity contribution in [2.45, 2.75) is 97.3 Å². The lowest BCUT2D eigenvalue weighted by atomic mass is 9.90. The highest BCUT2D eigenvalue weighted by Gasteiger charge is 2.35. The lowest BCUT2D eigenvalue weighted by molar-refractivity contribution is -0.419. The Morgan fingerprint density at radius 1 is 1.07 bits per heavy atom. The molecule has 1 aromatic heterocycles. The molecule has 0 saturated heterocycles. The highest BCUT2D eigenvalue weighted by molar-refractivity contribution is 6.76. The number of ether oxygens (including phenoxy) is 2. The van der Waals surface area contributed by atoms with E-state index in [-0.39, 0.29) is 44.2 Å². The molecule has 0 aliphatic heterocycles. The molecule has 0 amide bonds. The van der Waals surface area contributed by atoms with Crippen LogP contribution in [0.4, 0.5) is 4.79 Å². The molecule has 1 heterocycles. The summed E-state index contributed by atoms with van der Waals surface area (Å²) < 4.78 is 19.2. The van der Waals surface area contributed by atoms with E-state index in [9.17, 15) is 19.7 Å². The summed E-state index contributed by atoms with van der Waals surface area (Å²) in [6.07, 6.45) is 1.91. The van der Waals surface area contributed by atoms with Crippen LogP contribution in [0.3, 0.4) is 0 Å². The average molecular weight is 627 g/mol. The van der Waals surface area contributed by atoms with Crippen molar-refractivity contribution < 1.29 is 28.4 Å². The molecule has 0 spiro atoms. The summed E-state index contributed by atoms with van der Waals surface area (Å²) in [5.41, 5.74) is 0.0888. The Hall–Kier alpha value is -2.87. The number of allylic oxidation sites excluding steroid dienone is 2. The summed E-state index contributed by atoms with van der Waals surface area (Å²) in [6.45, 7) is 22.8. The van der Waals surface area contributed by atoms with Gasteiger partial charge < -0.3 is 13.9 Å². The van der Waals surface area contributed by atoms with Gasteiger partial charge in [-0.1, -0.05) is 46.5 Å². The minimum absolute atomic E-state index is 0.000423. The molecular weight excluding hydrogens is 581 g/mol. The fourth-order valence-corrected chi connectivity index (χ4v) is 5.84. The monoisotopic (exact) mass is 626 g/mol. The second kappa shape index (κ2) is 12.6. The van der Waals surface area contributed by atoms with Gasteiger partial charge in [0.25, 0.3) is 5.70 Å². The van der Waals surface area contributed by atoms with Crippen LogP contribution in [-0.4, -0.2) is 58.0 Å². The predicted molar refractivity (Wildman–Crippen MR) is 174 cm³/mol. The number of hydrogen-bond acceptors (Lipinski definition) is 7. The highest BCUT2D eigenvalue weighted by atomic mass is 28.3. The molecule has 43 heavy (non-hydrogen) atoms. The molecule has 2 aromatic rings. The third-order valence-electron chi connectivity index (χ3n) is 6.73. The van der Waals surface area contributed by atoms with E-state index in [4.69, 9.17) is 13.9 Å². The van der Waals surface area contributed by atoms with Crippen LogP contribution in [0.5, 0.6) is 0 Å². The Morgan fingerprint density at radius 3 is 2.28 bits per heavy atom. The van der Waals surface area contributed by atoms with Crippen LogP contribution < -0.4 is 0 Å². The first-order chi connectivity index (χ1) is 19.6. The van der Waals surface area contributed by atoms with Crippen LogP contribution in [0.25, 0.3) is 16.5 Å². The highest BCUT2D eigenvalue weighted by Crippen LogP contribution is 2.36. The Bertz CT molecular complexity index is 1450. The van der Waals surface area contributed by atoms with Crippen LogP contribution in [0.2, 0.25) is 30.7 Å². The SMILES string of the molecule is CC(C)(C)OC(=O)n1c(C2=CC([N+](=O)[O-])=CC(COCC[Si](C)(C)C)C2=O)cc2cc(C(C)(C)O[Si]C(C)(C)C)ccc21. The number of carbonyl (C=O) groups excluding carboxylic acids is 2. The topological polar surface area (TPSA) is 110 Å². The molecule has 0 fully saturated rings. The van der Waals surface area contributed by atoms with Crippen molar-refractivity contribution in [2.24, 2.45) is 5.92 Å². The van der Waals surface area contributed by atoms with Gasteiger partial charge in [-0.2, -0.15) is 0 Å². The summed E-state index contributed by atoms with van der Waals surface area (Å²) >= 11 is 0. The second-order valence-electron chi connectivity index (χ2n) is 14.8. The maximum Gasteiger partial charge on any atom is 0.419 e. The average Bonchev–Trinajstić information content (AvgIpc) is 3.23. The summed E-state index contributed by atoms with van der Waals surface area (Å²) in [5.74, 6) is -1.20. The van der Waals surface area contributed by atoms with Gasteiger partial charge >= 0.3 is 6.09 Å². The summed E-state index contributed by atoms with van der Waals surface area (Å²) in [4.78, 5) is 38.9. The van der Waals surface area contributed by atoms with Gasteiger partial charge in [-0.15, -0.1) is 0 Å². The maximum absolute atomic E-state index is 13.8. The van der Waals surface area contributed by atoms with E-state index in [0.717, 1.165) is 11.6 Å². The molecule has 1 aliphatic rings. The molecule has 0 bridgehead atoms. The van der Waals surface area contributed by atoms with Gasteiger partial charge in [0.05, 0.1) is 34.3 Å². The van der Waals surface area contributed by atoms with Crippen LogP contribution in [-0.2, 0) is 24.3 Å². The van der Waals surface area contributed by atoms with Gasteiger partial charge in [0.15, 0.2) is 5.78 Å². The normalized spacial score (nSPS) is 16.7. The van der Waals surface area contributed by atoms with Gasteiger partial charge in [-0.25, -0.2) is 9.36 Å². The molecule has 1 atom stereocenters. The first-order valence-electron chi connectivity index (χ1n) is 14.6. The van der Waals surface area contributed by atoms with E-state index in [2.05, 4.69) is 40.4 Å². The number of aromatic nitrogens is 1. The molecule has 11 heteroatoms. The van der Waals surface area contributed by atoms with Crippen LogP contribution in [0.15, 0.2) is 42.1 Å². The largest absolute Gasteiger partial charge is 0.443 e. The van der Waals surface area contributed by atoms with Crippen LogP contribution in [0, 0.1) is 16.0 Å². The Balaban J connectivity index is 2.11. The van der Waals surface area contributed by atoms with Crippen LogP contribution >= 0.6 is 0 Å². The Labute approximate surface area is 258 Å². The van der Waals surface area contributed by atoms with Crippen molar-refractivity contribution >= 4 is 46.2 Å². The maximum atomic E-state index is 13.8. The number of nitro groups is 1. The molecule has 1 aliphatic carbocycles. The minimum Gasteiger partial charge on any atom is -0.443 e. The first kappa shape index (κ1) is 34.6. The zero-order chi connectivity index (χ0) is 32.5. The number of fused-ring (bicyclic) bond motifs is 1. The Kier molecular flexibility index (Phi) is 10.2. The molecule has 3 rings (SSSR count). The quantitative estimate of drug-likeness (QED) is 0.116. The van der Waals surface area contributed by atoms with Crippen molar-refractivity contribution in [1.29, 1.82) is 0 Å². The molecule has 1 unspecified atom stereocenters. The summed E-state index contributed by atoms with van der Waals surface area (Å²) in [6, 6.07) is 8.27. The number of rotatable bonds is 10. The first-order valence-corrected chi connectivity index (χ1v) is 19.2. The number of carbonyl (C=O) groups is 2. The zero-order valence-electron chi connectivity index (χ0n) is 27.4. The molecule has 2 radical (unpaired) electrons. The van der Waals surface area contributed by atoms with Crippen molar-refractivity contribution in [1.82, 2.24) is 4.57 Å². The van der Waals surface area contributed by atoms with E-state index >= 15 is 0 Å². The van der Waals surface area contributed by atoms with Gasteiger partial charge in [0.1, 0.15) is 5.60 Å². The zero-order valence-corrected chi connectivity index (χ0v) is 29.4. The number of Topliss-reactive ketones (excluding diaryl/α,β-unsaturated/α-hetero) is 1. The predicted octanol–water partition coefficient (Wildman–Crippen LogP) is 7.61. The van der Waals surface area contributed by atoms with Crippen LogP contribution in [0.1, 0.15) is 66.6 Å². The van der Waals surface area contributed by atoms with E-state index in [0.29, 0.717) is 17.5 Å².